The highest BCUT2D eigenvalue weighted by atomic mass is 16.7. The number of fused-ring (bicyclic) bond motifs is 3. The van der Waals surface area contributed by atoms with Crippen LogP contribution in [0.2, 0.25) is 0 Å². The van der Waals surface area contributed by atoms with Crippen LogP contribution in [0.15, 0.2) is 36.0 Å². The maximum absolute atomic E-state index is 12.9. The largest absolute Gasteiger partial charge is 0.466 e. The topological polar surface area (TPSA) is 150 Å². The van der Waals surface area contributed by atoms with Gasteiger partial charge >= 0.3 is 23.9 Å². The first kappa shape index (κ1) is 24.1. The summed E-state index contributed by atoms with van der Waals surface area (Å²) in [7, 11) is 1.13. The Balaban J connectivity index is 1.77. The smallest absolute Gasteiger partial charge is 0.341 e. The second-order valence-corrected chi connectivity index (χ2v) is 8.85. The number of hydrogen-bond acceptors (Lipinski definition) is 11. The molecular formula is C23H26O11. The molecule has 8 atom stereocenters. The van der Waals surface area contributed by atoms with Crippen molar-refractivity contribution >= 4 is 23.9 Å². The van der Waals surface area contributed by atoms with Crippen molar-refractivity contribution in [2.45, 2.75) is 62.5 Å². The van der Waals surface area contributed by atoms with Gasteiger partial charge in [0.05, 0.1) is 24.7 Å². The highest BCUT2D eigenvalue weighted by Crippen LogP contribution is 2.50. The van der Waals surface area contributed by atoms with Crippen LogP contribution in [0.1, 0.15) is 20.8 Å². The maximum atomic E-state index is 12.9. The van der Waals surface area contributed by atoms with Crippen LogP contribution in [-0.4, -0.2) is 84.4 Å². The average molecular weight is 478 g/mol. The Morgan fingerprint density at radius 1 is 1.26 bits per heavy atom. The quantitative estimate of drug-likeness (QED) is 0.244. The Labute approximate surface area is 195 Å². The molecule has 3 aliphatic heterocycles. The van der Waals surface area contributed by atoms with Crippen molar-refractivity contribution in [3.05, 3.63) is 36.0 Å². The Hall–Kier alpha value is -3.02. The molecule has 1 N–H and O–H groups in total. The number of carbonyl (C=O) groups excluding carboxylic acids is 4. The van der Waals surface area contributed by atoms with Gasteiger partial charge in [0.25, 0.3) is 0 Å². The minimum atomic E-state index is -1.70. The van der Waals surface area contributed by atoms with Gasteiger partial charge in [-0.25, -0.2) is 14.4 Å². The molecule has 0 spiro atoms. The van der Waals surface area contributed by atoms with Gasteiger partial charge in [-0.15, -0.1) is 0 Å². The normalized spacial score (nSPS) is 40.2. The number of aliphatic hydroxyl groups is 1. The van der Waals surface area contributed by atoms with Crippen LogP contribution in [0.5, 0.6) is 0 Å². The standard InChI is InChI=1S/C23H26O11/c1-10-14-16(32-21(28)22(4)11(2)33-22)15(25)13(20(27)29-5)7-6-8-23(9-30-12(3)24)18(34-23)17(14)31-19(10)26/h6-8,11,14-18,25H,1,9H2,2-5H3. The lowest BCUT2D eigenvalue weighted by Gasteiger charge is -2.31. The monoisotopic (exact) mass is 478 g/mol. The first-order chi connectivity index (χ1) is 15.9. The molecule has 0 aromatic heterocycles. The van der Waals surface area contributed by atoms with Crippen LogP contribution < -0.4 is 0 Å². The third-order valence-corrected chi connectivity index (χ3v) is 6.68. The fourth-order valence-corrected chi connectivity index (χ4v) is 4.32. The van der Waals surface area contributed by atoms with E-state index in [0.717, 1.165) is 7.11 Å². The predicted molar refractivity (Wildman–Crippen MR) is 111 cm³/mol. The molecule has 3 saturated heterocycles. The highest BCUT2D eigenvalue weighted by molar-refractivity contribution is 5.93. The zero-order valence-electron chi connectivity index (χ0n) is 19.1. The molecule has 3 fully saturated rings. The summed E-state index contributed by atoms with van der Waals surface area (Å²) in [6, 6.07) is 0. The molecule has 34 heavy (non-hydrogen) atoms. The van der Waals surface area contributed by atoms with E-state index in [2.05, 4.69) is 6.58 Å². The van der Waals surface area contributed by atoms with Crippen LogP contribution in [0, 0.1) is 5.92 Å². The minimum Gasteiger partial charge on any atom is -0.466 e. The first-order valence-electron chi connectivity index (χ1n) is 10.7. The molecule has 4 aliphatic rings. The van der Waals surface area contributed by atoms with Crippen molar-refractivity contribution in [1.82, 2.24) is 0 Å². The lowest BCUT2D eigenvalue weighted by Crippen LogP contribution is -2.48. The van der Waals surface area contributed by atoms with E-state index in [4.69, 9.17) is 28.4 Å². The van der Waals surface area contributed by atoms with Crippen molar-refractivity contribution in [3.63, 3.8) is 0 Å². The van der Waals surface area contributed by atoms with E-state index in [1.807, 2.05) is 0 Å². The Kier molecular flexibility index (Phi) is 5.91. The number of hydrogen-bond donors (Lipinski definition) is 1. The molecule has 0 aromatic rings. The van der Waals surface area contributed by atoms with Gasteiger partial charge in [0.2, 0.25) is 0 Å². The van der Waals surface area contributed by atoms with E-state index in [1.54, 1.807) is 6.92 Å². The molecule has 0 radical (unpaired) electrons. The lowest BCUT2D eigenvalue weighted by atomic mass is 9.81. The van der Waals surface area contributed by atoms with Gasteiger partial charge in [-0.2, -0.15) is 0 Å². The van der Waals surface area contributed by atoms with Gasteiger partial charge in [0.1, 0.15) is 31.0 Å². The number of ether oxygens (including phenoxy) is 6. The summed E-state index contributed by atoms with van der Waals surface area (Å²) in [5.74, 6) is -4.05. The van der Waals surface area contributed by atoms with E-state index in [0.29, 0.717) is 0 Å². The molecule has 11 nitrogen and oxygen atoms in total. The molecule has 0 bridgehead atoms. The number of esters is 4. The molecule has 184 valence electrons. The van der Waals surface area contributed by atoms with Gasteiger partial charge in [-0.3, -0.25) is 4.79 Å². The second kappa shape index (κ2) is 8.33. The Morgan fingerprint density at radius 2 is 1.94 bits per heavy atom. The molecule has 4 rings (SSSR count). The zero-order chi connectivity index (χ0) is 25.0. The molecule has 11 heteroatoms. The summed E-state index contributed by atoms with van der Waals surface area (Å²) in [6.45, 7) is 8.03. The minimum absolute atomic E-state index is 0.0672. The van der Waals surface area contributed by atoms with Gasteiger partial charge in [0, 0.05) is 12.5 Å². The van der Waals surface area contributed by atoms with E-state index in [-0.39, 0.29) is 17.8 Å². The van der Waals surface area contributed by atoms with Gasteiger partial charge in [-0.1, -0.05) is 12.7 Å². The summed E-state index contributed by atoms with van der Waals surface area (Å²) in [6.07, 6.45) is -1.16. The fourth-order valence-electron chi connectivity index (χ4n) is 4.32. The van der Waals surface area contributed by atoms with Crippen molar-refractivity contribution < 1.29 is 52.7 Å². The number of methoxy groups -OCH3 is 1. The average Bonchev–Trinajstić information content (AvgIpc) is 3.64. The van der Waals surface area contributed by atoms with Gasteiger partial charge < -0.3 is 33.5 Å². The van der Waals surface area contributed by atoms with Crippen LogP contribution in [0.3, 0.4) is 0 Å². The summed E-state index contributed by atoms with van der Waals surface area (Å²) < 4.78 is 32.2. The SMILES string of the molecule is C=C1C(=O)OC2C1C(OC(=O)C1(C)OC1C)C(O)C(C(=O)OC)=CC=CC1(COC(C)=O)OC21. The van der Waals surface area contributed by atoms with E-state index < -0.39 is 71.5 Å². The molecule has 1 aliphatic carbocycles. The van der Waals surface area contributed by atoms with Crippen LogP contribution in [-0.2, 0) is 47.6 Å². The lowest BCUT2D eigenvalue weighted by molar-refractivity contribution is -0.166. The fraction of sp³-hybridized carbons (Fsp3) is 0.565. The van der Waals surface area contributed by atoms with Crippen molar-refractivity contribution in [2.24, 2.45) is 5.92 Å². The third-order valence-electron chi connectivity index (χ3n) is 6.68. The van der Waals surface area contributed by atoms with Crippen LogP contribution in [0.25, 0.3) is 0 Å². The Bertz CT molecular complexity index is 1010. The second-order valence-electron chi connectivity index (χ2n) is 8.85. The number of carbonyl (C=O) groups is 4. The number of allylic oxidation sites excluding steroid dienone is 2. The zero-order valence-corrected chi connectivity index (χ0v) is 19.1. The van der Waals surface area contributed by atoms with E-state index in [1.165, 1.54) is 32.1 Å². The number of epoxide rings is 2. The van der Waals surface area contributed by atoms with Crippen molar-refractivity contribution in [1.29, 1.82) is 0 Å². The molecule has 0 saturated carbocycles. The summed E-state index contributed by atoms with van der Waals surface area (Å²) >= 11 is 0. The predicted octanol–water partition coefficient (Wildman–Crippen LogP) is -0.0958. The summed E-state index contributed by atoms with van der Waals surface area (Å²) in [4.78, 5) is 49.3. The molecule has 0 amide bonds. The summed E-state index contributed by atoms with van der Waals surface area (Å²) in [5, 5.41) is 11.2. The summed E-state index contributed by atoms with van der Waals surface area (Å²) in [5.41, 5.74) is -2.70. The molecular weight excluding hydrogens is 452 g/mol. The van der Waals surface area contributed by atoms with E-state index in [9.17, 15) is 24.3 Å². The maximum Gasteiger partial charge on any atom is 0.341 e. The number of aliphatic hydroxyl groups excluding tert-OH is 1. The third kappa shape index (κ3) is 3.93. The molecule has 0 aromatic carbocycles. The molecule has 8 unspecified atom stereocenters. The van der Waals surface area contributed by atoms with Gasteiger partial charge in [0.15, 0.2) is 11.2 Å². The highest BCUT2D eigenvalue weighted by Gasteiger charge is 2.67. The first-order valence-corrected chi connectivity index (χ1v) is 10.7. The van der Waals surface area contributed by atoms with Gasteiger partial charge in [-0.05, 0) is 26.0 Å². The van der Waals surface area contributed by atoms with Crippen molar-refractivity contribution in [3.8, 4) is 0 Å². The molecule has 3 heterocycles. The van der Waals surface area contributed by atoms with Crippen LogP contribution in [0.4, 0.5) is 0 Å². The van der Waals surface area contributed by atoms with E-state index >= 15 is 0 Å². The number of rotatable bonds is 5. The Morgan fingerprint density at radius 3 is 2.53 bits per heavy atom. The van der Waals surface area contributed by atoms with Crippen LogP contribution >= 0.6 is 0 Å². The van der Waals surface area contributed by atoms with Crippen molar-refractivity contribution in [2.75, 3.05) is 13.7 Å².